The van der Waals surface area contributed by atoms with Crippen LogP contribution in [0.2, 0.25) is 0 Å². The van der Waals surface area contributed by atoms with E-state index < -0.39 is 6.09 Å². The molecule has 0 spiro atoms. The van der Waals surface area contributed by atoms with Gasteiger partial charge in [0.25, 0.3) is 5.91 Å². The van der Waals surface area contributed by atoms with Crippen molar-refractivity contribution in [3.05, 3.63) is 47.5 Å². The van der Waals surface area contributed by atoms with Gasteiger partial charge in [-0.3, -0.25) is 4.79 Å². The van der Waals surface area contributed by atoms with Crippen LogP contribution in [0.25, 0.3) is 17.1 Å². The van der Waals surface area contributed by atoms with Gasteiger partial charge in [-0.05, 0) is 60.4 Å². The fraction of sp³-hybridized carbons (Fsp3) is 0.385. The Morgan fingerprint density at radius 1 is 1.05 bits per heavy atom. The highest BCUT2D eigenvalue weighted by Gasteiger charge is 2.24. The second-order valence-corrected chi connectivity index (χ2v) is 9.54. The molecule has 0 unspecified atom stereocenters. The van der Waals surface area contributed by atoms with Crippen LogP contribution in [0.3, 0.4) is 0 Å². The highest BCUT2D eigenvalue weighted by molar-refractivity contribution is 5.80. The Labute approximate surface area is 214 Å². The minimum atomic E-state index is -0.959. The van der Waals surface area contributed by atoms with Crippen LogP contribution in [0.1, 0.15) is 43.7 Å². The normalized spacial score (nSPS) is 14.2. The maximum Gasteiger partial charge on any atom is 0.405 e. The minimum absolute atomic E-state index is 0.00918. The van der Waals surface area contributed by atoms with E-state index in [4.69, 9.17) is 5.73 Å². The van der Waals surface area contributed by atoms with Crippen molar-refractivity contribution in [3.63, 3.8) is 0 Å². The van der Waals surface area contributed by atoms with Gasteiger partial charge in [0.15, 0.2) is 12.4 Å². The highest BCUT2D eigenvalue weighted by Crippen LogP contribution is 2.38. The van der Waals surface area contributed by atoms with Crippen molar-refractivity contribution < 1.29 is 29.6 Å². The third kappa shape index (κ3) is 5.76. The monoisotopic (exact) mass is 509 g/mol. The van der Waals surface area contributed by atoms with Crippen molar-refractivity contribution in [1.82, 2.24) is 19.7 Å². The molecule has 5 N–H and O–H groups in total. The Morgan fingerprint density at radius 3 is 2.35 bits per heavy atom. The number of hydrogen-bond acceptors (Lipinski definition) is 8. The number of phenolic OH excluding ortho intramolecular Hbond substituents is 2. The second kappa shape index (κ2) is 10.8. The van der Waals surface area contributed by atoms with Gasteiger partial charge in [0.2, 0.25) is 0 Å². The summed E-state index contributed by atoms with van der Waals surface area (Å²) in [5, 5.41) is 39.0. The number of aromatic hydroxyl groups is 3. The van der Waals surface area contributed by atoms with Crippen LogP contribution in [0, 0.1) is 5.92 Å². The third-order valence-electron chi connectivity index (χ3n) is 6.68. The third-order valence-corrected chi connectivity index (χ3v) is 6.68. The van der Waals surface area contributed by atoms with Gasteiger partial charge in [0.1, 0.15) is 11.5 Å². The lowest BCUT2D eigenvalue weighted by Gasteiger charge is -2.32. The van der Waals surface area contributed by atoms with Crippen LogP contribution < -0.4 is 5.73 Å². The summed E-state index contributed by atoms with van der Waals surface area (Å²) in [6.45, 7) is 4.71. The first-order valence-electron chi connectivity index (χ1n) is 12.1. The molecule has 1 fully saturated rings. The zero-order valence-corrected chi connectivity index (χ0v) is 20.8. The van der Waals surface area contributed by atoms with E-state index in [1.54, 1.807) is 11.0 Å². The molecule has 0 radical (unpaired) electrons. The zero-order chi connectivity index (χ0) is 26.7. The number of piperidine rings is 1. The fourth-order valence-electron chi connectivity index (χ4n) is 4.65. The molecule has 37 heavy (non-hydrogen) atoms. The van der Waals surface area contributed by atoms with Crippen LogP contribution in [0.5, 0.6) is 17.5 Å². The summed E-state index contributed by atoms with van der Waals surface area (Å²) in [6.07, 6.45) is 1.54. The first-order valence-corrected chi connectivity index (χ1v) is 12.1. The standard InChI is InChI=1S/C26H31N5O6/c1-15(2)19-12-20(22(33)13-21(19)32)24-28-29-26(36)31(24)18-5-3-16(4-6-18)11-17-7-9-30(10-8-17)23(34)14-37-25(27)35/h3-6,12-13,15,17,32-33H,7-11,14H2,1-2H3,(H2,27,35)(H,29,36). The predicted molar refractivity (Wildman–Crippen MR) is 134 cm³/mol. The van der Waals surface area contributed by atoms with Gasteiger partial charge in [-0.25, -0.2) is 9.36 Å². The number of nitrogens with zero attached hydrogens (tertiary/aromatic N) is 4. The summed E-state index contributed by atoms with van der Waals surface area (Å²) in [5.74, 6) is 0.239. The van der Waals surface area contributed by atoms with E-state index >= 15 is 0 Å². The summed E-state index contributed by atoms with van der Waals surface area (Å²) in [4.78, 5) is 24.5. The Hall–Kier alpha value is -4.28. The molecular weight excluding hydrogens is 478 g/mol. The number of carbonyl (C=O) groups excluding carboxylic acids is 2. The molecule has 0 atom stereocenters. The van der Waals surface area contributed by atoms with Gasteiger partial charge in [-0.1, -0.05) is 31.1 Å². The van der Waals surface area contributed by atoms with Crippen molar-refractivity contribution in [3.8, 4) is 34.6 Å². The fourth-order valence-corrected chi connectivity index (χ4v) is 4.65. The average Bonchev–Trinajstić information content (AvgIpc) is 3.24. The van der Waals surface area contributed by atoms with Crippen molar-refractivity contribution in [2.24, 2.45) is 11.7 Å². The van der Waals surface area contributed by atoms with Crippen molar-refractivity contribution in [2.45, 2.75) is 39.0 Å². The SMILES string of the molecule is CC(C)c1cc(-c2nnc(O)n2-c2ccc(CC3CCN(C(=O)COC(N)=O)CC3)cc2)c(O)cc1O. The quantitative estimate of drug-likeness (QED) is 0.377. The number of nitrogens with two attached hydrogens (primary N) is 1. The number of hydrogen-bond donors (Lipinski definition) is 4. The van der Waals surface area contributed by atoms with E-state index in [1.165, 1.54) is 10.6 Å². The van der Waals surface area contributed by atoms with Gasteiger partial charge in [-0.2, -0.15) is 0 Å². The van der Waals surface area contributed by atoms with Gasteiger partial charge in [-0.15, -0.1) is 5.10 Å². The highest BCUT2D eigenvalue weighted by atomic mass is 16.5. The Morgan fingerprint density at radius 2 is 1.73 bits per heavy atom. The van der Waals surface area contributed by atoms with E-state index in [0.29, 0.717) is 35.8 Å². The Bertz CT molecular complexity index is 1280. The molecule has 0 bridgehead atoms. The molecule has 11 nitrogen and oxygen atoms in total. The number of likely N-dealkylation sites (tertiary alicyclic amines) is 1. The molecule has 1 saturated heterocycles. The van der Waals surface area contributed by atoms with E-state index in [0.717, 1.165) is 24.8 Å². The molecule has 0 saturated carbocycles. The number of rotatable bonds is 7. The lowest BCUT2D eigenvalue weighted by molar-refractivity contribution is -0.135. The second-order valence-electron chi connectivity index (χ2n) is 9.54. The average molecular weight is 510 g/mol. The van der Waals surface area contributed by atoms with Crippen LogP contribution >= 0.6 is 0 Å². The number of amides is 2. The number of benzene rings is 2. The molecular formula is C26H31N5O6. The molecule has 1 aliphatic rings. The zero-order valence-electron chi connectivity index (χ0n) is 20.8. The molecule has 0 aliphatic carbocycles. The number of aromatic nitrogens is 3. The molecule has 4 rings (SSSR count). The maximum absolute atomic E-state index is 12.1. The summed E-state index contributed by atoms with van der Waals surface area (Å²) in [5.41, 5.74) is 7.64. The molecule has 2 aromatic carbocycles. The van der Waals surface area contributed by atoms with Crippen LogP contribution in [0.15, 0.2) is 36.4 Å². The van der Waals surface area contributed by atoms with E-state index in [2.05, 4.69) is 14.9 Å². The molecule has 1 aromatic heterocycles. The van der Waals surface area contributed by atoms with Gasteiger partial charge in [0.05, 0.1) is 11.3 Å². The molecule has 196 valence electrons. The number of phenols is 2. The number of carbonyl (C=O) groups is 2. The van der Waals surface area contributed by atoms with Crippen molar-refractivity contribution in [1.29, 1.82) is 0 Å². The predicted octanol–water partition coefficient (Wildman–Crippen LogP) is 3.05. The molecule has 2 amide bonds. The summed E-state index contributed by atoms with van der Waals surface area (Å²) < 4.78 is 6.03. The van der Waals surface area contributed by atoms with Gasteiger partial charge < -0.3 is 30.7 Å². The smallest absolute Gasteiger partial charge is 0.405 e. The molecule has 2 heterocycles. The summed E-state index contributed by atoms with van der Waals surface area (Å²) in [6, 6.07) is 10.2. The van der Waals surface area contributed by atoms with Gasteiger partial charge >= 0.3 is 12.1 Å². The topological polar surface area (TPSA) is 164 Å². The van der Waals surface area contributed by atoms with Crippen molar-refractivity contribution >= 4 is 12.0 Å². The van der Waals surface area contributed by atoms with Gasteiger partial charge in [0, 0.05) is 19.2 Å². The summed E-state index contributed by atoms with van der Waals surface area (Å²) in [7, 11) is 0. The molecule has 11 heteroatoms. The lowest BCUT2D eigenvalue weighted by Crippen LogP contribution is -2.41. The van der Waals surface area contributed by atoms with E-state index in [1.807, 2.05) is 38.1 Å². The minimum Gasteiger partial charge on any atom is -0.508 e. The lowest BCUT2D eigenvalue weighted by atomic mass is 9.90. The molecule has 3 aromatic rings. The number of primary amides is 1. The largest absolute Gasteiger partial charge is 0.508 e. The molecule has 1 aliphatic heterocycles. The van der Waals surface area contributed by atoms with Crippen LogP contribution in [0.4, 0.5) is 4.79 Å². The summed E-state index contributed by atoms with van der Waals surface area (Å²) >= 11 is 0. The number of ether oxygens (including phenoxy) is 1. The first-order chi connectivity index (χ1) is 17.6. The Balaban J connectivity index is 1.46. The van der Waals surface area contributed by atoms with E-state index in [9.17, 15) is 24.9 Å². The van der Waals surface area contributed by atoms with Crippen LogP contribution in [-0.4, -0.2) is 66.7 Å². The van der Waals surface area contributed by atoms with E-state index in [-0.39, 0.29) is 41.8 Å². The first kappa shape index (κ1) is 25.8. The maximum atomic E-state index is 12.1. The Kier molecular flexibility index (Phi) is 7.51. The van der Waals surface area contributed by atoms with Crippen LogP contribution in [-0.2, 0) is 16.0 Å². The van der Waals surface area contributed by atoms with Crippen molar-refractivity contribution in [2.75, 3.05) is 19.7 Å².